The standard InChI is InChI=1S/C15H31N3O2S/c1-17-10-7-14(8-11-17)13-18(2)21(19,20)12-4-3-9-16-15-5-6-15/h14-16H,3-13H2,1-2H3. The Kier molecular flexibility index (Phi) is 6.47. The van der Waals surface area contributed by atoms with Crippen molar-refractivity contribution < 1.29 is 8.42 Å². The van der Waals surface area contributed by atoms with E-state index < -0.39 is 10.0 Å². The van der Waals surface area contributed by atoms with Crippen LogP contribution in [-0.2, 0) is 10.0 Å². The van der Waals surface area contributed by atoms with Crippen LogP contribution in [0.5, 0.6) is 0 Å². The molecular formula is C15H31N3O2S. The van der Waals surface area contributed by atoms with Crippen molar-refractivity contribution in [3.8, 4) is 0 Å². The molecule has 0 aromatic carbocycles. The van der Waals surface area contributed by atoms with E-state index in [9.17, 15) is 8.42 Å². The van der Waals surface area contributed by atoms with Gasteiger partial charge in [-0.3, -0.25) is 0 Å². The average Bonchev–Trinajstić information content (AvgIpc) is 3.25. The van der Waals surface area contributed by atoms with Gasteiger partial charge in [0.2, 0.25) is 10.0 Å². The number of nitrogens with zero attached hydrogens (tertiary/aromatic N) is 2. The van der Waals surface area contributed by atoms with Gasteiger partial charge in [-0.2, -0.15) is 0 Å². The van der Waals surface area contributed by atoms with Crippen molar-refractivity contribution in [1.82, 2.24) is 14.5 Å². The van der Waals surface area contributed by atoms with E-state index in [-0.39, 0.29) is 0 Å². The minimum absolute atomic E-state index is 0.294. The molecule has 2 rings (SSSR count). The first kappa shape index (κ1) is 17.2. The fourth-order valence-corrected chi connectivity index (χ4v) is 4.20. The summed E-state index contributed by atoms with van der Waals surface area (Å²) in [5.41, 5.74) is 0. The third-order valence-corrected chi connectivity index (χ3v) is 6.57. The number of unbranched alkanes of at least 4 members (excludes halogenated alkanes) is 1. The first-order valence-corrected chi connectivity index (χ1v) is 9.94. The number of likely N-dealkylation sites (tertiary alicyclic amines) is 1. The van der Waals surface area contributed by atoms with E-state index in [1.54, 1.807) is 11.4 Å². The molecule has 0 unspecified atom stereocenters. The molecule has 1 aliphatic heterocycles. The van der Waals surface area contributed by atoms with Crippen LogP contribution in [-0.4, -0.2) is 69.7 Å². The second-order valence-corrected chi connectivity index (χ2v) is 8.97. The van der Waals surface area contributed by atoms with E-state index in [1.165, 1.54) is 12.8 Å². The summed E-state index contributed by atoms with van der Waals surface area (Å²) < 4.78 is 26.1. The van der Waals surface area contributed by atoms with Gasteiger partial charge < -0.3 is 10.2 Å². The molecule has 0 aromatic rings. The SMILES string of the molecule is CN1CCC(CN(C)S(=O)(=O)CCCCNC2CC2)CC1. The second-order valence-electron chi connectivity index (χ2n) is 6.78. The monoisotopic (exact) mass is 317 g/mol. The maximum absolute atomic E-state index is 12.3. The van der Waals surface area contributed by atoms with Crippen LogP contribution in [0.4, 0.5) is 0 Å². The lowest BCUT2D eigenvalue weighted by atomic mass is 9.97. The van der Waals surface area contributed by atoms with Gasteiger partial charge >= 0.3 is 0 Å². The highest BCUT2D eigenvalue weighted by Crippen LogP contribution is 2.19. The predicted molar refractivity (Wildman–Crippen MR) is 86.9 cm³/mol. The van der Waals surface area contributed by atoms with Crippen LogP contribution >= 0.6 is 0 Å². The summed E-state index contributed by atoms with van der Waals surface area (Å²) in [6, 6.07) is 0.716. The summed E-state index contributed by atoms with van der Waals surface area (Å²) in [5.74, 6) is 0.820. The number of hydrogen-bond donors (Lipinski definition) is 1. The fraction of sp³-hybridized carbons (Fsp3) is 1.00. The summed E-state index contributed by atoms with van der Waals surface area (Å²) >= 11 is 0. The van der Waals surface area contributed by atoms with Gasteiger partial charge in [0.1, 0.15) is 0 Å². The zero-order valence-electron chi connectivity index (χ0n) is 13.6. The molecule has 0 atom stereocenters. The van der Waals surface area contributed by atoms with E-state index in [4.69, 9.17) is 0 Å². The van der Waals surface area contributed by atoms with E-state index in [1.807, 2.05) is 0 Å². The van der Waals surface area contributed by atoms with Crippen LogP contribution < -0.4 is 5.32 Å². The smallest absolute Gasteiger partial charge is 0.213 e. The number of piperidine rings is 1. The van der Waals surface area contributed by atoms with Gasteiger partial charge in [-0.1, -0.05) is 0 Å². The zero-order valence-corrected chi connectivity index (χ0v) is 14.4. The molecule has 0 aromatic heterocycles. The van der Waals surface area contributed by atoms with Gasteiger partial charge in [-0.25, -0.2) is 12.7 Å². The summed E-state index contributed by atoms with van der Waals surface area (Å²) in [5, 5.41) is 3.43. The van der Waals surface area contributed by atoms with Crippen molar-refractivity contribution in [3.05, 3.63) is 0 Å². The van der Waals surface area contributed by atoms with Crippen molar-refractivity contribution >= 4 is 10.0 Å². The highest BCUT2D eigenvalue weighted by atomic mass is 32.2. The van der Waals surface area contributed by atoms with Crippen LogP contribution in [0.2, 0.25) is 0 Å². The highest BCUT2D eigenvalue weighted by molar-refractivity contribution is 7.89. The molecular weight excluding hydrogens is 286 g/mol. The predicted octanol–water partition coefficient (Wildman–Crippen LogP) is 1.12. The Labute approximate surface area is 130 Å². The van der Waals surface area contributed by atoms with E-state index in [0.29, 0.717) is 24.3 Å². The molecule has 5 nitrogen and oxygen atoms in total. The fourth-order valence-electron chi connectivity index (χ4n) is 2.88. The Morgan fingerprint density at radius 3 is 2.43 bits per heavy atom. The highest BCUT2D eigenvalue weighted by Gasteiger charge is 2.24. The maximum Gasteiger partial charge on any atom is 0.213 e. The summed E-state index contributed by atoms with van der Waals surface area (Å²) in [7, 11) is 0.811. The molecule has 1 saturated heterocycles. The van der Waals surface area contributed by atoms with Gasteiger partial charge in [0.25, 0.3) is 0 Å². The van der Waals surface area contributed by atoms with Crippen molar-refractivity contribution in [3.63, 3.8) is 0 Å². The normalized spacial score (nSPS) is 22.0. The summed E-state index contributed by atoms with van der Waals surface area (Å²) in [4.78, 5) is 2.32. The molecule has 0 amide bonds. The Bertz CT molecular complexity index is 401. The van der Waals surface area contributed by atoms with Gasteiger partial charge in [0, 0.05) is 19.6 Å². The zero-order chi connectivity index (χ0) is 15.3. The Hall–Kier alpha value is -0.170. The van der Waals surface area contributed by atoms with Gasteiger partial charge in [-0.05, 0) is 71.1 Å². The van der Waals surface area contributed by atoms with Crippen molar-refractivity contribution in [2.75, 3.05) is 46.0 Å². The van der Waals surface area contributed by atoms with Crippen molar-refractivity contribution in [2.24, 2.45) is 5.92 Å². The second kappa shape index (κ2) is 7.90. The quantitative estimate of drug-likeness (QED) is 0.648. The molecule has 2 aliphatic rings. The molecule has 0 spiro atoms. The van der Waals surface area contributed by atoms with Gasteiger partial charge in [-0.15, -0.1) is 0 Å². The molecule has 21 heavy (non-hydrogen) atoms. The molecule has 1 N–H and O–H groups in total. The van der Waals surface area contributed by atoms with E-state index >= 15 is 0 Å². The third-order valence-electron chi connectivity index (χ3n) is 4.67. The van der Waals surface area contributed by atoms with Crippen LogP contribution in [0.1, 0.15) is 38.5 Å². The summed E-state index contributed by atoms with van der Waals surface area (Å²) in [6.07, 6.45) is 6.52. The molecule has 1 saturated carbocycles. The van der Waals surface area contributed by atoms with E-state index in [2.05, 4.69) is 17.3 Å². The minimum Gasteiger partial charge on any atom is -0.314 e. The Morgan fingerprint density at radius 2 is 1.81 bits per heavy atom. The number of rotatable bonds is 9. The van der Waals surface area contributed by atoms with Gasteiger partial charge in [0.15, 0.2) is 0 Å². The minimum atomic E-state index is -3.07. The number of sulfonamides is 1. The maximum atomic E-state index is 12.3. The molecule has 6 heteroatoms. The van der Waals surface area contributed by atoms with Gasteiger partial charge in [0.05, 0.1) is 5.75 Å². The Balaban J connectivity index is 1.62. The molecule has 0 radical (unpaired) electrons. The molecule has 1 aliphatic carbocycles. The van der Waals surface area contributed by atoms with Crippen molar-refractivity contribution in [2.45, 2.75) is 44.6 Å². The topological polar surface area (TPSA) is 52.7 Å². The third kappa shape index (κ3) is 6.22. The number of nitrogens with one attached hydrogen (secondary N) is 1. The van der Waals surface area contributed by atoms with Crippen LogP contribution in [0.15, 0.2) is 0 Å². The lowest BCUT2D eigenvalue weighted by molar-refractivity contribution is 0.202. The number of hydrogen-bond acceptors (Lipinski definition) is 4. The first-order valence-electron chi connectivity index (χ1n) is 8.33. The molecule has 0 bridgehead atoms. The first-order chi connectivity index (χ1) is 9.97. The lowest BCUT2D eigenvalue weighted by Crippen LogP contribution is -2.38. The molecule has 1 heterocycles. The van der Waals surface area contributed by atoms with Crippen LogP contribution in [0, 0.1) is 5.92 Å². The lowest BCUT2D eigenvalue weighted by Gasteiger charge is -2.31. The average molecular weight is 317 g/mol. The van der Waals surface area contributed by atoms with Crippen molar-refractivity contribution in [1.29, 1.82) is 0 Å². The molecule has 124 valence electrons. The Morgan fingerprint density at radius 1 is 1.14 bits per heavy atom. The van der Waals surface area contributed by atoms with E-state index in [0.717, 1.165) is 45.3 Å². The summed E-state index contributed by atoms with van der Waals surface area (Å²) in [6.45, 7) is 3.83. The van der Waals surface area contributed by atoms with Crippen LogP contribution in [0.25, 0.3) is 0 Å². The van der Waals surface area contributed by atoms with Crippen LogP contribution in [0.3, 0.4) is 0 Å². The molecule has 2 fully saturated rings. The largest absolute Gasteiger partial charge is 0.314 e.